The molecule has 0 amide bonds. The van der Waals surface area contributed by atoms with E-state index in [1.807, 2.05) is 11.3 Å². The molecule has 5 aromatic heterocycles. The quantitative estimate of drug-likeness (QED) is 0.155. The van der Waals surface area contributed by atoms with Gasteiger partial charge in [-0.2, -0.15) is 0 Å². The van der Waals surface area contributed by atoms with Crippen molar-refractivity contribution in [2.24, 2.45) is 0 Å². The predicted octanol–water partition coefficient (Wildman–Crippen LogP) is 27.1. The van der Waals surface area contributed by atoms with Crippen LogP contribution in [0.1, 0.15) is 158 Å². The van der Waals surface area contributed by atoms with Crippen LogP contribution in [0, 0.1) is 0 Å². The van der Waals surface area contributed by atoms with E-state index in [9.17, 15) is 0 Å². The summed E-state index contributed by atoms with van der Waals surface area (Å²) in [7, 11) is 0. The summed E-state index contributed by atoms with van der Waals surface area (Å²) in [5, 5.41) is 10.2. The van der Waals surface area contributed by atoms with E-state index in [0.717, 1.165) is 17.1 Å². The van der Waals surface area contributed by atoms with Crippen LogP contribution in [0.3, 0.4) is 0 Å². The Hall–Kier alpha value is -9.22. The zero-order valence-corrected chi connectivity index (χ0v) is 60.3. The van der Waals surface area contributed by atoms with Crippen molar-refractivity contribution in [3.05, 3.63) is 246 Å². The second-order valence-electron chi connectivity index (χ2n) is 34.0. The highest BCUT2D eigenvalue weighted by atomic mass is 32.1. The number of aromatic nitrogens is 2. The van der Waals surface area contributed by atoms with Crippen molar-refractivity contribution in [2.45, 2.75) is 157 Å². The topological polar surface area (TPSA) is 12.1 Å². The van der Waals surface area contributed by atoms with E-state index in [4.69, 9.17) is 0 Å². The highest BCUT2D eigenvalue weighted by Crippen LogP contribution is 2.53. The SMILES string of the molecule is CC(C)(C)c1cc(-c2cc(-c3ccc(N(c4ccccc4)c4ccccc4)cc3)c3c(c2)c2cc(-c4cc(C(C)(C)C)cc(C(C)(C)C)c4)cc4c5cc6c7cc(-c8cc(C(C)(C)C)cc(C(C)(C)C)c8)cc8c9sc%10ccccc%10c9n(c6cc5n3c42)c78)cc(C(C)(C)C)c1. The Kier molecular flexibility index (Phi) is 13.6. The number of thiophene rings is 1. The van der Waals surface area contributed by atoms with Crippen molar-refractivity contribution < 1.29 is 0 Å². The monoisotopic (exact) mass is 1270 g/mol. The molecule has 16 aromatic rings. The Morgan fingerprint density at radius 1 is 0.250 bits per heavy atom. The van der Waals surface area contributed by atoms with E-state index in [0.29, 0.717) is 0 Å². The average Bonchev–Trinajstić information content (AvgIpc) is 1.51. The third-order valence-electron chi connectivity index (χ3n) is 21.0. The lowest BCUT2D eigenvalue weighted by Gasteiger charge is -2.26. The predicted molar refractivity (Wildman–Crippen MR) is 420 cm³/mol. The van der Waals surface area contributed by atoms with Gasteiger partial charge in [0.15, 0.2) is 0 Å². The Morgan fingerprint density at radius 2 is 0.583 bits per heavy atom. The molecule has 478 valence electrons. The number of para-hydroxylation sites is 2. The largest absolute Gasteiger partial charge is 0.311 e. The van der Waals surface area contributed by atoms with E-state index in [-0.39, 0.29) is 32.5 Å². The highest BCUT2D eigenvalue weighted by Gasteiger charge is 2.31. The Morgan fingerprint density at radius 3 is 1.01 bits per heavy atom. The molecule has 0 aliphatic heterocycles. The molecule has 0 aliphatic rings. The second-order valence-corrected chi connectivity index (χ2v) is 35.1. The molecule has 0 saturated heterocycles. The standard InChI is InChI=1S/C92H89N3S/c1-87(2,3)61-37-55(38-62(49-61)88(4,5)6)58-43-71(54-33-35-69(36-34-54)93(67-27-21-19-22-28-67)68-29-23-20-24-30-68)82-76(46-58)77-47-59(56-39-63(89(7,8)9)50-64(40-56)90(10,11)12)44-74-72-52-73-75-45-60(57-41-65(91(13,14)15)51-66(42-57)92(16,17)18)48-78-84(75)95(80(73)53-79(72)94(82)83(74)77)85-70-31-25-26-32-81(70)96-86(78)85/h19-53H,1-18H3. The summed E-state index contributed by atoms with van der Waals surface area (Å²) >= 11 is 1.94. The molecule has 0 fully saturated rings. The van der Waals surface area contributed by atoms with Crippen LogP contribution < -0.4 is 4.90 Å². The van der Waals surface area contributed by atoms with Crippen LogP contribution in [0.2, 0.25) is 0 Å². The van der Waals surface area contributed by atoms with E-state index < -0.39 is 0 Å². The van der Waals surface area contributed by atoms with E-state index in [1.165, 1.54) is 163 Å². The fraction of sp³-hybridized carbons (Fsp3) is 0.261. The van der Waals surface area contributed by atoms with Gasteiger partial charge < -0.3 is 13.7 Å². The summed E-state index contributed by atoms with van der Waals surface area (Å²) in [6.07, 6.45) is 0. The van der Waals surface area contributed by atoms with Crippen LogP contribution in [0.5, 0.6) is 0 Å². The minimum Gasteiger partial charge on any atom is -0.311 e. The lowest BCUT2D eigenvalue weighted by molar-refractivity contribution is 0.568. The molecule has 0 spiro atoms. The smallest absolute Gasteiger partial charge is 0.0728 e. The van der Waals surface area contributed by atoms with Gasteiger partial charge >= 0.3 is 0 Å². The molecular weight excluding hydrogens is 1180 g/mol. The molecule has 0 atom stereocenters. The molecule has 0 saturated carbocycles. The number of nitrogens with zero attached hydrogens (tertiary/aromatic N) is 3. The van der Waals surface area contributed by atoms with Gasteiger partial charge in [0.1, 0.15) is 0 Å². The van der Waals surface area contributed by atoms with Crippen molar-refractivity contribution >= 4 is 114 Å². The summed E-state index contributed by atoms with van der Waals surface area (Å²) < 4.78 is 8.01. The zero-order valence-electron chi connectivity index (χ0n) is 59.5. The first-order valence-corrected chi connectivity index (χ1v) is 35.5. The van der Waals surface area contributed by atoms with Crippen LogP contribution in [0.4, 0.5) is 17.1 Å². The molecule has 0 unspecified atom stereocenters. The normalized spacial score (nSPS) is 13.3. The third kappa shape index (κ3) is 10.0. The lowest BCUT2D eigenvalue weighted by Crippen LogP contribution is -2.16. The van der Waals surface area contributed by atoms with Crippen molar-refractivity contribution in [3.8, 4) is 44.5 Å². The molecule has 0 aliphatic carbocycles. The van der Waals surface area contributed by atoms with Gasteiger partial charge in [0.2, 0.25) is 0 Å². The van der Waals surface area contributed by atoms with Gasteiger partial charge in [0.25, 0.3) is 0 Å². The summed E-state index contributed by atoms with van der Waals surface area (Å²) in [5.74, 6) is 0. The fourth-order valence-corrected chi connectivity index (χ4v) is 16.4. The third-order valence-corrected chi connectivity index (χ3v) is 22.2. The molecule has 96 heavy (non-hydrogen) atoms. The van der Waals surface area contributed by atoms with Gasteiger partial charge in [-0.1, -0.05) is 246 Å². The van der Waals surface area contributed by atoms with Crippen LogP contribution >= 0.6 is 11.3 Å². The molecule has 16 rings (SSSR count). The lowest BCUT2D eigenvalue weighted by atomic mass is 9.78. The Labute approximate surface area is 571 Å². The number of rotatable bonds is 7. The summed E-state index contributed by atoms with van der Waals surface area (Å²) in [6.45, 7) is 42.4. The summed E-state index contributed by atoms with van der Waals surface area (Å²) in [6, 6.07) is 82.8. The molecule has 5 heterocycles. The van der Waals surface area contributed by atoms with Crippen molar-refractivity contribution in [1.29, 1.82) is 0 Å². The van der Waals surface area contributed by atoms with Crippen LogP contribution in [0.15, 0.2) is 212 Å². The maximum absolute atomic E-state index is 2.69. The number of fused-ring (bicyclic) bond motifs is 14. The Balaban J connectivity index is 1.07. The number of hydrogen-bond acceptors (Lipinski definition) is 2. The van der Waals surface area contributed by atoms with E-state index >= 15 is 0 Å². The van der Waals surface area contributed by atoms with E-state index in [1.54, 1.807) is 0 Å². The number of hydrogen-bond donors (Lipinski definition) is 0. The molecule has 3 nitrogen and oxygen atoms in total. The van der Waals surface area contributed by atoms with Crippen LogP contribution in [-0.2, 0) is 32.5 Å². The number of anilines is 3. The first kappa shape index (κ1) is 61.6. The van der Waals surface area contributed by atoms with Crippen LogP contribution in [0.25, 0.3) is 130 Å². The second kappa shape index (κ2) is 21.1. The Bertz CT molecular complexity index is 5650. The van der Waals surface area contributed by atoms with Gasteiger partial charge in [-0.3, -0.25) is 0 Å². The van der Waals surface area contributed by atoms with Gasteiger partial charge in [-0.15, -0.1) is 11.3 Å². The summed E-state index contributed by atoms with van der Waals surface area (Å²) in [4.78, 5) is 2.37. The van der Waals surface area contributed by atoms with Crippen molar-refractivity contribution in [2.75, 3.05) is 4.90 Å². The van der Waals surface area contributed by atoms with Gasteiger partial charge in [0, 0.05) is 70.4 Å². The average molecular weight is 1270 g/mol. The minimum absolute atomic E-state index is 0.0288. The zero-order chi connectivity index (χ0) is 67.2. The van der Waals surface area contributed by atoms with E-state index in [2.05, 4.69) is 351 Å². The first-order valence-electron chi connectivity index (χ1n) is 34.7. The molecule has 0 radical (unpaired) electrons. The van der Waals surface area contributed by atoms with Crippen LogP contribution in [-0.4, -0.2) is 8.80 Å². The molecule has 0 N–H and O–H groups in total. The first-order chi connectivity index (χ1) is 45.3. The fourth-order valence-electron chi connectivity index (χ4n) is 15.2. The molecule has 4 heteroatoms. The highest BCUT2D eigenvalue weighted by molar-refractivity contribution is 7.26. The van der Waals surface area contributed by atoms with Crippen molar-refractivity contribution in [1.82, 2.24) is 8.80 Å². The van der Waals surface area contributed by atoms with Gasteiger partial charge in [-0.05, 0) is 196 Å². The minimum atomic E-state index is -0.0686. The van der Waals surface area contributed by atoms with Gasteiger partial charge in [0.05, 0.1) is 37.8 Å². The van der Waals surface area contributed by atoms with Crippen molar-refractivity contribution in [3.63, 3.8) is 0 Å². The maximum atomic E-state index is 2.69. The molecule has 0 bridgehead atoms. The summed E-state index contributed by atoms with van der Waals surface area (Å²) in [5.41, 5.74) is 28.5. The molecular formula is C92H89N3S. The maximum Gasteiger partial charge on any atom is 0.0728 e. The van der Waals surface area contributed by atoms with Gasteiger partial charge in [-0.25, -0.2) is 0 Å². The number of benzene rings is 11. The molecule has 11 aromatic carbocycles.